The molecule has 1 rings (SSSR count). The van der Waals surface area contributed by atoms with Crippen molar-refractivity contribution in [3.05, 3.63) is 21.9 Å². The van der Waals surface area contributed by atoms with Crippen LogP contribution in [0.2, 0.25) is 0 Å². The minimum atomic E-state index is -4.43. The highest BCUT2D eigenvalue weighted by Gasteiger charge is 2.27. The molecule has 0 aliphatic rings. The molecule has 20 heavy (non-hydrogen) atoms. The van der Waals surface area contributed by atoms with E-state index in [2.05, 4.69) is 21.9 Å². The zero-order valence-corrected chi connectivity index (χ0v) is 11.2. The summed E-state index contributed by atoms with van der Waals surface area (Å²) in [4.78, 5) is 12.1. The molecule has 4 nitrogen and oxygen atoms in total. The van der Waals surface area contributed by atoms with Gasteiger partial charge in [0, 0.05) is 15.8 Å². The van der Waals surface area contributed by atoms with Crippen LogP contribution in [0.15, 0.2) is 11.4 Å². The van der Waals surface area contributed by atoms with Gasteiger partial charge in [-0.15, -0.1) is 11.3 Å². The zero-order valence-electron chi connectivity index (χ0n) is 10.4. The van der Waals surface area contributed by atoms with Gasteiger partial charge in [-0.1, -0.05) is 11.8 Å². The molecule has 3 N–H and O–H groups in total. The van der Waals surface area contributed by atoms with Crippen LogP contribution in [0.3, 0.4) is 0 Å². The monoisotopic (exact) mass is 306 g/mol. The van der Waals surface area contributed by atoms with E-state index in [9.17, 15) is 18.0 Å². The Morgan fingerprint density at radius 2 is 2.25 bits per heavy atom. The topological polar surface area (TPSA) is 64.3 Å². The van der Waals surface area contributed by atoms with Crippen molar-refractivity contribution in [3.8, 4) is 11.8 Å². The number of ether oxygens (including phenoxy) is 1. The largest absolute Gasteiger partial charge is 0.411 e. The third kappa shape index (κ3) is 7.13. The van der Waals surface area contributed by atoms with Crippen LogP contribution in [0.1, 0.15) is 10.4 Å². The van der Waals surface area contributed by atoms with Gasteiger partial charge in [-0.2, -0.15) is 13.2 Å². The summed E-state index contributed by atoms with van der Waals surface area (Å²) in [6, 6.07) is 1.78. The number of carbonyl (C=O) groups is 1. The van der Waals surface area contributed by atoms with Crippen molar-refractivity contribution in [1.29, 1.82) is 0 Å². The van der Waals surface area contributed by atoms with Gasteiger partial charge in [0.2, 0.25) is 5.91 Å². The third-order valence-electron chi connectivity index (χ3n) is 1.95. The Balaban J connectivity index is 2.29. The van der Waals surface area contributed by atoms with E-state index in [1.54, 1.807) is 6.07 Å². The molecule has 0 atom stereocenters. The molecule has 0 aliphatic carbocycles. The first-order valence-corrected chi connectivity index (χ1v) is 6.46. The Labute approximate surface area is 118 Å². The van der Waals surface area contributed by atoms with E-state index in [4.69, 9.17) is 5.73 Å². The first-order valence-electron chi connectivity index (χ1n) is 5.58. The second-order valence-corrected chi connectivity index (χ2v) is 4.69. The Morgan fingerprint density at radius 1 is 1.50 bits per heavy atom. The minimum absolute atomic E-state index is 0.225. The highest BCUT2D eigenvalue weighted by molar-refractivity contribution is 7.10. The summed E-state index contributed by atoms with van der Waals surface area (Å²) < 4.78 is 39.6. The summed E-state index contributed by atoms with van der Waals surface area (Å²) in [5.74, 6) is 4.93. The summed E-state index contributed by atoms with van der Waals surface area (Å²) in [7, 11) is 0. The first kappa shape index (κ1) is 16.5. The van der Waals surface area contributed by atoms with E-state index >= 15 is 0 Å². The predicted octanol–water partition coefficient (Wildman–Crippen LogP) is 1.25. The second-order valence-electron chi connectivity index (χ2n) is 3.69. The number of hydrogen-bond acceptors (Lipinski definition) is 4. The minimum Gasteiger partial charge on any atom is -0.362 e. The standard InChI is InChI=1S/C12H13F3N2O2S/c13-12(14,15)8-19-6-11(18)17-5-10-4-9(7-20-10)2-1-3-16/h4,7H,3,5-6,8,16H2,(H,17,18). The summed E-state index contributed by atoms with van der Waals surface area (Å²) in [6.45, 7) is -1.56. The van der Waals surface area contributed by atoms with Crippen LogP contribution in [-0.4, -0.2) is 31.8 Å². The molecular weight excluding hydrogens is 293 g/mol. The number of rotatable bonds is 5. The molecule has 0 radical (unpaired) electrons. The number of nitrogens with one attached hydrogen (secondary N) is 1. The normalized spacial score (nSPS) is 10.8. The van der Waals surface area contributed by atoms with E-state index in [-0.39, 0.29) is 13.1 Å². The maximum atomic E-state index is 11.8. The van der Waals surface area contributed by atoms with Gasteiger partial charge in [-0.25, -0.2) is 0 Å². The Hall–Kier alpha value is -1.56. The fourth-order valence-electron chi connectivity index (χ4n) is 1.19. The van der Waals surface area contributed by atoms with Gasteiger partial charge in [0.1, 0.15) is 13.2 Å². The molecule has 0 bridgehead atoms. The van der Waals surface area contributed by atoms with Crippen molar-refractivity contribution in [2.45, 2.75) is 12.7 Å². The van der Waals surface area contributed by atoms with Gasteiger partial charge < -0.3 is 15.8 Å². The van der Waals surface area contributed by atoms with Crippen molar-refractivity contribution < 1.29 is 22.7 Å². The van der Waals surface area contributed by atoms with E-state index in [1.165, 1.54) is 11.3 Å². The van der Waals surface area contributed by atoms with Crippen molar-refractivity contribution in [2.24, 2.45) is 5.73 Å². The van der Waals surface area contributed by atoms with Crippen molar-refractivity contribution in [1.82, 2.24) is 5.32 Å². The van der Waals surface area contributed by atoms with E-state index < -0.39 is 25.3 Å². The third-order valence-corrected chi connectivity index (χ3v) is 2.88. The first-order chi connectivity index (χ1) is 9.40. The number of hydrogen-bond donors (Lipinski definition) is 2. The van der Waals surface area contributed by atoms with E-state index in [0.29, 0.717) is 0 Å². The van der Waals surface area contributed by atoms with Crippen LogP contribution >= 0.6 is 11.3 Å². The van der Waals surface area contributed by atoms with Crippen molar-refractivity contribution >= 4 is 17.2 Å². The molecule has 1 heterocycles. The van der Waals surface area contributed by atoms with Crippen LogP contribution in [0, 0.1) is 11.8 Å². The molecule has 1 aromatic rings. The highest BCUT2D eigenvalue weighted by Crippen LogP contribution is 2.14. The molecule has 8 heteroatoms. The van der Waals surface area contributed by atoms with E-state index in [0.717, 1.165) is 10.4 Å². The Morgan fingerprint density at radius 3 is 2.90 bits per heavy atom. The molecule has 1 amide bonds. The van der Waals surface area contributed by atoms with Crippen LogP contribution < -0.4 is 11.1 Å². The lowest BCUT2D eigenvalue weighted by atomic mass is 10.3. The highest BCUT2D eigenvalue weighted by atomic mass is 32.1. The maximum Gasteiger partial charge on any atom is 0.411 e. The number of alkyl halides is 3. The molecule has 0 aliphatic heterocycles. The van der Waals surface area contributed by atoms with Crippen LogP contribution in [0.25, 0.3) is 0 Å². The average Bonchev–Trinajstić information content (AvgIpc) is 2.80. The molecule has 0 spiro atoms. The molecule has 110 valence electrons. The summed E-state index contributed by atoms with van der Waals surface area (Å²) >= 11 is 1.39. The lowest BCUT2D eigenvalue weighted by Gasteiger charge is -2.07. The summed E-state index contributed by atoms with van der Waals surface area (Å²) in [6.07, 6.45) is -4.43. The molecule has 0 saturated carbocycles. The average molecular weight is 306 g/mol. The Kier molecular flexibility index (Phi) is 6.51. The van der Waals surface area contributed by atoms with Gasteiger partial charge in [0.25, 0.3) is 0 Å². The number of halogens is 3. The molecule has 0 fully saturated rings. The molecule has 0 unspecified atom stereocenters. The fraction of sp³-hybridized carbons (Fsp3) is 0.417. The van der Waals surface area contributed by atoms with Gasteiger partial charge in [0.05, 0.1) is 13.1 Å². The maximum absolute atomic E-state index is 11.8. The van der Waals surface area contributed by atoms with Gasteiger partial charge in [-0.3, -0.25) is 4.79 Å². The van der Waals surface area contributed by atoms with Crippen LogP contribution in [0.5, 0.6) is 0 Å². The number of thiophene rings is 1. The molecular formula is C12H13F3N2O2S. The predicted molar refractivity (Wildman–Crippen MR) is 69.0 cm³/mol. The summed E-state index contributed by atoms with van der Waals surface area (Å²) in [5, 5.41) is 4.27. The smallest absolute Gasteiger partial charge is 0.362 e. The lowest BCUT2D eigenvalue weighted by molar-refractivity contribution is -0.175. The van der Waals surface area contributed by atoms with Crippen LogP contribution in [-0.2, 0) is 16.1 Å². The van der Waals surface area contributed by atoms with Crippen molar-refractivity contribution in [3.63, 3.8) is 0 Å². The molecule has 0 aromatic carbocycles. The van der Waals surface area contributed by atoms with Gasteiger partial charge >= 0.3 is 6.18 Å². The molecule has 1 aromatic heterocycles. The lowest BCUT2D eigenvalue weighted by Crippen LogP contribution is -2.29. The van der Waals surface area contributed by atoms with Crippen LogP contribution in [0.4, 0.5) is 13.2 Å². The fourth-order valence-corrected chi connectivity index (χ4v) is 1.94. The van der Waals surface area contributed by atoms with Crippen molar-refractivity contribution in [2.75, 3.05) is 19.8 Å². The Bertz CT molecular complexity index is 503. The summed E-state index contributed by atoms with van der Waals surface area (Å²) in [5.41, 5.74) is 6.03. The van der Waals surface area contributed by atoms with E-state index in [1.807, 2.05) is 5.38 Å². The number of nitrogens with two attached hydrogens (primary N) is 1. The quantitative estimate of drug-likeness (QED) is 0.805. The number of carbonyl (C=O) groups excluding carboxylic acids is 1. The zero-order chi connectivity index (χ0) is 15.0. The second kappa shape index (κ2) is 7.89. The SMILES string of the molecule is NCC#Cc1csc(CNC(=O)COCC(F)(F)F)c1. The number of amides is 1. The van der Waals surface area contributed by atoms with Gasteiger partial charge in [0.15, 0.2) is 0 Å². The van der Waals surface area contributed by atoms with Gasteiger partial charge in [-0.05, 0) is 6.07 Å². The molecule has 0 saturated heterocycles.